The van der Waals surface area contributed by atoms with E-state index in [0.717, 1.165) is 12.8 Å². The summed E-state index contributed by atoms with van der Waals surface area (Å²) in [7, 11) is -2.98. The van der Waals surface area contributed by atoms with E-state index in [1.807, 2.05) is 11.8 Å². The maximum Gasteiger partial charge on any atom is 0.270 e. The summed E-state index contributed by atoms with van der Waals surface area (Å²) in [5.41, 5.74) is 0.311. The number of sulfone groups is 1. The molecule has 0 aromatic carbocycles. The van der Waals surface area contributed by atoms with Gasteiger partial charge in [0.1, 0.15) is 5.69 Å². The van der Waals surface area contributed by atoms with Gasteiger partial charge in [-0.2, -0.15) is 0 Å². The summed E-state index contributed by atoms with van der Waals surface area (Å²) in [5, 5.41) is 2.82. The molecule has 1 aromatic heterocycles. The Labute approximate surface area is 137 Å². The smallest absolute Gasteiger partial charge is 0.270 e. The van der Waals surface area contributed by atoms with Crippen molar-refractivity contribution >= 4 is 21.7 Å². The van der Waals surface area contributed by atoms with Gasteiger partial charge in [0.2, 0.25) is 5.95 Å². The Balaban J connectivity index is 2.12. The first-order valence-corrected chi connectivity index (χ1v) is 9.87. The van der Waals surface area contributed by atoms with Crippen LogP contribution in [0.3, 0.4) is 0 Å². The summed E-state index contributed by atoms with van der Waals surface area (Å²) >= 11 is 0. The summed E-state index contributed by atoms with van der Waals surface area (Å²) in [6.07, 6.45) is 4.05. The van der Waals surface area contributed by atoms with E-state index in [2.05, 4.69) is 22.2 Å². The zero-order valence-electron chi connectivity index (χ0n) is 13.7. The predicted molar refractivity (Wildman–Crippen MR) is 89.4 cm³/mol. The Morgan fingerprint density at radius 1 is 1.43 bits per heavy atom. The third-order valence-corrected chi connectivity index (χ3v) is 5.69. The SMILES string of the molecule is CCCCNC(=O)c1ccnc(N(CC)C2CCS(=O)(=O)C2)n1. The Morgan fingerprint density at radius 3 is 2.83 bits per heavy atom. The highest BCUT2D eigenvalue weighted by Gasteiger charge is 2.33. The lowest BCUT2D eigenvalue weighted by Crippen LogP contribution is -2.38. The topological polar surface area (TPSA) is 92.3 Å². The Hall–Kier alpha value is -1.70. The average molecular weight is 340 g/mol. The fourth-order valence-corrected chi connectivity index (χ4v) is 4.40. The molecule has 128 valence electrons. The lowest BCUT2D eigenvalue weighted by atomic mass is 10.2. The minimum absolute atomic E-state index is 0.122. The maximum absolute atomic E-state index is 12.1. The second-order valence-electron chi connectivity index (χ2n) is 5.69. The molecule has 1 aliphatic heterocycles. The zero-order valence-corrected chi connectivity index (χ0v) is 14.5. The van der Waals surface area contributed by atoms with E-state index in [4.69, 9.17) is 0 Å². The van der Waals surface area contributed by atoms with Crippen LogP contribution in [0.1, 0.15) is 43.6 Å². The van der Waals surface area contributed by atoms with Gasteiger partial charge in [-0.3, -0.25) is 4.79 Å². The van der Waals surface area contributed by atoms with Crippen molar-refractivity contribution < 1.29 is 13.2 Å². The van der Waals surface area contributed by atoms with Gasteiger partial charge in [-0.1, -0.05) is 13.3 Å². The summed E-state index contributed by atoms with van der Waals surface area (Å²) in [6, 6.07) is 1.45. The highest BCUT2D eigenvalue weighted by molar-refractivity contribution is 7.91. The molecule has 7 nitrogen and oxygen atoms in total. The van der Waals surface area contributed by atoms with E-state index in [0.29, 0.717) is 31.2 Å². The van der Waals surface area contributed by atoms with Crippen LogP contribution < -0.4 is 10.2 Å². The molecule has 0 aliphatic carbocycles. The van der Waals surface area contributed by atoms with E-state index in [9.17, 15) is 13.2 Å². The van der Waals surface area contributed by atoms with Crippen molar-refractivity contribution in [2.75, 3.05) is 29.5 Å². The summed E-state index contributed by atoms with van der Waals surface area (Å²) in [6.45, 7) is 5.21. The molecule has 0 bridgehead atoms. The molecule has 1 saturated heterocycles. The van der Waals surface area contributed by atoms with Crippen LogP contribution in [0.15, 0.2) is 12.3 Å². The van der Waals surface area contributed by atoms with Gasteiger partial charge in [-0.05, 0) is 25.8 Å². The minimum Gasteiger partial charge on any atom is -0.351 e. The molecule has 1 amide bonds. The number of hydrogen-bond donors (Lipinski definition) is 1. The standard InChI is InChI=1S/C15H24N4O3S/c1-3-5-8-16-14(20)13-6-9-17-15(18-13)19(4-2)12-7-10-23(21,22)11-12/h6,9,12H,3-5,7-8,10-11H2,1-2H3,(H,16,20). The number of rotatable bonds is 7. The molecule has 1 unspecified atom stereocenters. The van der Waals surface area contributed by atoms with E-state index < -0.39 is 9.84 Å². The largest absolute Gasteiger partial charge is 0.351 e. The number of carbonyl (C=O) groups excluding carboxylic acids is 1. The lowest BCUT2D eigenvalue weighted by molar-refractivity contribution is 0.0948. The lowest BCUT2D eigenvalue weighted by Gasteiger charge is -2.26. The quantitative estimate of drug-likeness (QED) is 0.745. The van der Waals surface area contributed by atoms with Crippen LogP contribution in [0.5, 0.6) is 0 Å². The summed E-state index contributed by atoms with van der Waals surface area (Å²) in [4.78, 5) is 22.5. The van der Waals surface area contributed by atoms with Crippen LogP contribution in [-0.4, -0.2) is 54.9 Å². The third kappa shape index (κ3) is 4.63. The molecule has 0 spiro atoms. The monoisotopic (exact) mass is 340 g/mol. The second kappa shape index (κ2) is 7.72. The molecule has 8 heteroatoms. The first-order chi connectivity index (χ1) is 11.0. The van der Waals surface area contributed by atoms with Gasteiger partial charge in [0, 0.05) is 25.3 Å². The molecular weight excluding hydrogens is 316 g/mol. The van der Waals surface area contributed by atoms with Gasteiger partial charge in [-0.15, -0.1) is 0 Å². The Kier molecular flexibility index (Phi) is 5.92. The number of anilines is 1. The molecule has 1 N–H and O–H groups in total. The number of nitrogens with zero attached hydrogens (tertiary/aromatic N) is 3. The van der Waals surface area contributed by atoms with Crippen molar-refractivity contribution in [3.63, 3.8) is 0 Å². The minimum atomic E-state index is -2.98. The third-order valence-electron chi connectivity index (χ3n) is 3.94. The van der Waals surface area contributed by atoms with E-state index in [-0.39, 0.29) is 23.5 Å². The highest BCUT2D eigenvalue weighted by Crippen LogP contribution is 2.21. The van der Waals surface area contributed by atoms with E-state index >= 15 is 0 Å². The molecule has 1 aliphatic rings. The molecular formula is C15H24N4O3S. The van der Waals surface area contributed by atoms with E-state index in [1.165, 1.54) is 0 Å². The van der Waals surface area contributed by atoms with Gasteiger partial charge in [0.25, 0.3) is 5.91 Å². The highest BCUT2D eigenvalue weighted by atomic mass is 32.2. The maximum atomic E-state index is 12.1. The number of nitrogens with one attached hydrogen (secondary N) is 1. The van der Waals surface area contributed by atoms with Crippen molar-refractivity contribution in [3.8, 4) is 0 Å². The van der Waals surface area contributed by atoms with Crippen molar-refractivity contribution in [2.45, 2.75) is 39.2 Å². The van der Waals surface area contributed by atoms with Crippen LogP contribution in [0.2, 0.25) is 0 Å². The molecule has 1 fully saturated rings. The van der Waals surface area contributed by atoms with Crippen LogP contribution in [0.4, 0.5) is 5.95 Å². The number of amides is 1. The molecule has 0 radical (unpaired) electrons. The zero-order chi connectivity index (χ0) is 16.9. The number of aromatic nitrogens is 2. The van der Waals surface area contributed by atoms with Crippen molar-refractivity contribution in [1.82, 2.24) is 15.3 Å². The Bertz CT molecular complexity index is 648. The molecule has 23 heavy (non-hydrogen) atoms. The normalized spacial score (nSPS) is 19.5. The fraction of sp³-hybridized carbons (Fsp3) is 0.667. The molecule has 0 saturated carbocycles. The van der Waals surface area contributed by atoms with Crippen molar-refractivity contribution in [2.24, 2.45) is 0 Å². The number of unbranched alkanes of at least 4 members (excludes halogenated alkanes) is 1. The van der Waals surface area contributed by atoms with Crippen LogP contribution in [0.25, 0.3) is 0 Å². The van der Waals surface area contributed by atoms with Gasteiger partial charge in [0.15, 0.2) is 9.84 Å². The van der Waals surface area contributed by atoms with Crippen LogP contribution in [0, 0.1) is 0 Å². The van der Waals surface area contributed by atoms with E-state index in [1.54, 1.807) is 12.3 Å². The van der Waals surface area contributed by atoms with Gasteiger partial charge in [0.05, 0.1) is 11.5 Å². The van der Waals surface area contributed by atoms with Crippen molar-refractivity contribution in [3.05, 3.63) is 18.0 Å². The molecule has 2 heterocycles. The van der Waals surface area contributed by atoms with Crippen LogP contribution >= 0.6 is 0 Å². The fourth-order valence-electron chi connectivity index (χ4n) is 2.67. The van der Waals surface area contributed by atoms with Gasteiger partial charge < -0.3 is 10.2 Å². The number of hydrogen-bond acceptors (Lipinski definition) is 6. The second-order valence-corrected chi connectivity index (χ2v) is 7.92. The number of carbonyl (C=O) groups is 1. The van der Waals surface area contributed by atoms with Gasteiger partial charge >= 0.3 is 0 Å². The summed E-state index contributed by atoms with van der Waals surface area (Å²) in [5.74, 6) is 0.512. The van der Waals surface area contributed by atoms with Crippen molar-refractivity contribution in [1.29, 1.82) is 0 Å². The average Bonchev–Trinajstić information content (AvgIpc) is 2.88. The summed E-state index contributed by atoms with van der Waals surface area (Å²) < 4.78 is 23.4. The molecule has 1 aromatic rings. The first kappa shape index (κ1) is 17.7. The van der Waals surface area contributed by atoms with Crippen LogP contribution in [-0.2, 0) is 9.84 Å². The molecule has 1 atom stereocenters. The first-order valence-electron chi connectivity index (χ1n) is 8.05. The Morgan fingerprint density at radius 2 is 2.22 bits per heavy atom. The predicted octanol–water partition coefficient (Wildman–Crippen LogP) is 1.02. The molecule has 2 rings (SSSR count). The van der Waals surface area contributed by atoms with Gasteiger partial charge in [-0.25, -0.2) is 18.4 Å².